The van der Waals surface area contributed by atoms with Crippen molar-refractivity contribution in [1.82, 2.24) is 0 Å². The molecule has 5 radical (unpaired) electrons. The monoisotopic (exact) mass is 1690 g/mol. The summed E-state index contributed by atoms with van der Waals surface area (Å²) in [6.45, 7) is 10.8. The molecule has 0 atom stereocenters. The number of esters is 5. The molecule has 115 heavy (non-hydrogen) atoms. The molecule has 10 rings (SSSR count). The van der Waals surface area contributed by atoms with Gasteiger partial charge in [-0.15, -0.1) is 0 Å². The van der Waals surface area contributed by atoms with Crippen molar-refractivity contribution in [1.29, 1.82) is 0 Å². The van der Waals surface area contributed by atoms with Crippen LogP contribution in [0.2, 0.25) is 0 Å². The highest BCUT2D eigenvalue weighted by molar-refractivity contribution is 7.81. The molecule has 0 aromatic heterocycles. The third-order valence-electron chi connectivity index (χ3n) is 16.9. The number of rotatable bonds is 30. The molecule has 10 nitrogen and oxygen atoms in total. The van der Waals surface area contributed by atoms with Gasteiger partial charge in [-0.3, -0.25) is 23.5 Å². The van der Waals surface area contributed by atoms with E-state index in [2.05, 4.69) is 34.6 Å². The second-order valence-corrected chi connectivity index (χ2v) is 27.9. The Balaban J connectivity index is 0.000000711. The molecule has 0 amide bonds. The number of aryl methyl sites for hydroxylation is 5. The maximum absolute atomic E-state index is 13.3. The molecule has 0 aliphatic carbocycles. The van der Waals surface area contributed by atoms with E-state index in [-0.39, 0.29) is 76.7 Å². The highest BCUT2D eigenvalue weighted by Crippen LogP contribution is 2.27. The molecule has 0 saturated carbocycles. The van der Waals surface area contributed by atoms with Gasteiger partial charge >= 0.3 is 29.8 Å². The first-order valence-corrected chi connectivity index (χ1v) is 38.9. The van der Waals surface area contributed by atoms with Crippen LogP contribution in [0, 0.1) is 29.1 Å². The Hall–Kier alpha value is -10.1. The van der Waals surface area contributed by atoms with Crippen LogP contribution in [0.1, 0.15) is 211 Å². The molecule has 0 heterocycles. The van der Waals surface area contributed by atoms with E-state index in [0.717, 1.165) is 94.5 Å². The van der Waals surface area contributed by atoms with Crippen LogP contribution in [0.15, 0.2) is 237 Å². The summed E-state index contributed by atoms with van der Waals surface area (Å²) in [4.78, 5) is 60.6. The first-order valence-electron chi connectivity index (χ1n) is 36.9. The lowest BCUT2D eigenvalue weighted by molar-refractivity contribution is 0.0724. The van der Waals surface area contributed by atoms with Crippen LogP contribution in [-0.2, 0) is 32.1 Å². The Labute approximate surface area is 695 Å². The van der Waals surface area contributed by atoms with E-state index in [0.29, 0.717) is 27.8 Å². The van der Waals surface area contributed by atoms with E-state index >= 15 is 0 Å². The Bertz CT molecular complexity index is 3880. The number of hydrogen-bond donors (Lipinski definition) is 0. The van der Waals surface area contributed by atoms with Gasteiger partial charge in [-0.1, -0.05) is 223 Å². The van der Waals surface area contributed by atoms with E-state index in [1.165, 1.54) is 153 Å². The largest absolute Gasteiger partial charge is 0.423 e. The lowest BCUT2D eigenvalue weighted by Gasteiger charge is -2.06. The van der Waals surface area contributed by atoms with Gasteiger partial charge in [0.05, 0.1) is 52.3 Å². The van der Waals surface area contributed by atoms with E-state index < -0.39 is 58.9 Å². The van der Waals surface area contributed by atoms with Crippen LogP contribution in [0.25, 0.3) is 0 Å². The third-order valence-corrected chi connectivity index (χ3v) is 18.5. The summed E-state index contributed by atoms with van der Waals surface area (Å²) >= 11 is 23.8. The molecule has 0 aliphatic heterocycles. The van der Waals surface area contributed by atoms with Crippen molar-refractivity contribution in [2.45, 2.75) is 188 Å². The van der Waals surface area contributed by atoms with Crippen molar-refractivity contribution in [3.8, 4) is 28.7 Å². The van der Waals surface area contributed by atoms with Crippen molar-refractivity contribution >= 4 is 93.0 Å². The number of carbonyl (C=O) groups excluding carboxylic acids is 5. The van der Waals surface area contributed by atoms with Gasteiger partial charge in [-0.2, -0.15) is 0 Å². The van der Waals surface area contributed by atoms with Crippen LogP contribution in [0.3, 0.4) is 0 Å². The van der Waals surface area contributed by atoms with Gasteiger partial charge in [0.15, 0.2) is 0 Å². The first-order chi connectivity index (χ1) is 53.0. The van der Waals surface area contributed by atoms with Crippen molar-refractivity contribution in [2.75, 3.05) is 0 Å². The smallest absolute Gasteiger partial charge is 0.343 e. The van der Waals surface area contributed by atoms with Gasteiger partial charge in [0.1, 0.15) is 57.8 Å². The summed E-state index contributed by atoms with van der Waals surface area (Å²) in [6, 6.07) is 56.8. The Morgan fingerprint density at radius 3 is 0.487 bits per heavy atom. The van der Waals surface area contributed by atoms with Gasteiger partial charge in [0, 0.05) is 30.3 Å². The van der Waals surface area contributed by atoms with Gasteiger partial charge in [0.25, 0.3) is 0 Å². The number of halogens is 10. The molecule has 0 aliphatic rings. The maximum Gasteiger partial charge on any atom is 0.343 e. The molecule has 615 valence electrons. The first kappa shape index (κ1) is 103. The number of benzene rings is 10. The van der Waals surface area contributed by atoms with E-state index in [9.17, 15) is 45.9 Å². The molecule has 10 aromatic rings. The zero-order valence-electron chi connectivity index (χ0n) is 64.4. The number of carbonyl (C=O) groups is 5. The second-order valence-electron chi connectivity index (χ2n) is 25.7. The molecule has 0 unspecified atom stereocenters. The van der Waals surface area contributed by atoms with Crippen LogP contribution in [0.5, 0.6) is 28.7 Å². The van der Waals surface area contributed by atoms with E-state index in [1.54, 1.807) is 60.7 Å². The number of hydrogen-bond acceptors (Lipinski definition) is 10. The zero-order chi connectivity index (χ0) is 79.7. The number of ether oxygens (including phenoxy) is 5. The molecule has 10 aromatic carbocycles. The minimum atomic E-state index is -0.563. The predicted octanol–water partition coefficient (Wildman–Crippen LogP) is 27.4. The zero-order valence-corrected chi connectivity index (χ0v) is 68.5. The Morgan fingerprint density at radius 1 is 0.226 bits per heavy atom. The van der Waals surface area contributed by atoms with E-state index in [4.69, 9.17) is 86.8 Å². The molecule has 0 bridgehead atoms. The summed E-state index contributed by atoms with van der Waals surface area (Å²) in [5.74, 6) is -4.55. The SMILES string of the molecule is CCCCCc1ccc(C(=O)Oc2ccc([S])c(F)c2)cc1.CCCCCc1ccc(C(=O)Oc2ccc([S])c(F)c2)cc1.CCCCCc1ccc(C(=O)Oc2ccc([S])c(F)c2)cc1.CCCCCc1ccc(C(=O)Oc2ccc([S])c(F)c2)cc1.CCCCCc1ccc(C(=O)Oc2ccc([S])c(F)c2)cc1.F.F.F.F.F. The average Bonchev–Trinajstić information content (AvgIpc) is 0.865. The van der Waals surface area contributed by atoms with Crippen molar-refractivity contribution in [2.24, 2.45) is 0 Å². The van der Waals surface area contributed by atoms with Crippen LogP contribution in [0.4, 0.5) is 45.5 Å². The average molecular weight is 1690 g/mol. The molecular weight excluding hydrogens is 1590 g/mol. The number of unbranched alkanes of at least 4 members (excludes halogenated alkanes) is 10. The normalized spacial score (nSPS) is 10.0. The standard InChI is InChI=1S/5C18H18FO2S.5FH/c5*1-2-3-4-5-13-6-8-14(9-7-13)18(20)21-15-10-11-17(22)16(19)12-15;;;;;/h5*6-12H,2-5H2,1H3;5*1H. The summed E-state index contributed by atoms with van der Waals surface area (Å²) in [5.41, 5.74) is 8.23. The molecule has 0 fully saturated rings. The molecular formula is C90H95F10O10S5. The fourth-order valence-electron chi connectivity index (χ4n) is 10.5. The topological polar surface area (TPSA) is 132 Å². The molecule has 0 spiro atoms. The summed E-state index contributed by atoms with van der Waals surface area (Å²) in [5, 5.41) is 0. The van der Waals surface area contributed by atoms with Gasteiger partial charge in [-0.05, 0) is 213 Å². The van der Waals surface area contributed by atoms with Gasteiger partial charge in [-0.25, -0.2) is 45.9 Å². The van der Waals surface area contributed by atoms with Crippen molar-refractivity contribution in [3.63, 3.8) is 0 Å². The lowest BCUT2D eigenvalue weighted by Crippen LogP contribution is -2.08. The fraction of sp³-hybridized carbons (Fsp3) is 0.278. The minimum absolute atomic E-state index is 0. The lowest BCUT2D eigenvalue weighted by atomic mass is 10.1. The molecule has 25 heteroatoms. The van der Waals surface area contributed by atoms with Crippen molar-refractivity contribution < 1.29 is 93.1 Å². The summed E-state index contributed by atoms with van der Waals surface area (Å²) in [7, 11) is 0. The van der Waals surface area contributed by atoms with Crippen LogP contribution < -0.4 is 23.7 Å². The predicted molar refractivity (Wildman–Crippen MR) is 447 cm³/mol. The molecule has 0 N–H and O–H groups in total. The maximum atomic E-state index is 13.3. The summed E-state index contributed by atoms with van der Waals surface area (Å²) < 4.78 is 92.4. The van der Waals surface area contributed by atoms with Crippen LogP contribution in [-0.4, -0.2) is 29.8 Å². The fourth-order valence-corrected chi connectivity index (χ4v) is 11.1. The Kier molecular flexibility index (Phi) is 50.4. The summed E-state index contributed by atoms with van der Waals surface area (Å²) in [6.07, 6.45) is 22.7. The highest BCUT2D eigenvalue weighted by Gasteiger charge is 2.17. The highest BCUT2D eigenvalue weighted by atomic mass is 32.1. The Morgan fingerprint density at radius 2 is 0.365 bits per heavy atom. The second kappa shape index (κ2) is 56.3. The van der Waals surface area contributed by atoms with E-state index in [1.807, 2.05) is 60.7 Å². The van der Waals surface area contributed by atoms with Crippen LogP contribution >= 0.6 is 63.1 Å². The van der Waals surface area contributed by atoms with Gasteiger partial charge < -0.3 is 23.7 Å². The minimum Gasteiger partial charge on any atom is -0.423 e. The van der Waals surface area contributed by atoms with Crippen molar-refractivity contribution in [3.05, 3.63) is 297 Å². The van der Waals surface area contributed by atoms with Gasteiger partial charge in [0.2, 0.25) is 0 Å². The third kappa shape index (κ3) is 37.4. The quantitative estimate of drug-likeness (QED) is 0.0186. The molecule has 0 saturated heterocycles.